The van der Waals surface area contributed by atoms with Gasteiger partial charge in [0.15, 0.2) is 17.2 Å². The molecule has 8 heteroatoms. The number of hydrogen-bond acceptors (Lipinski definition) is 5. The van der Waals surface area contributed by atoms with Gasteiger partial charge in [-0.3, -0.25) is 4.68 Å². The average molecular weight is 357 g/mol. The van der Waals surface area contributed by atoms with Gasteiger partial charge >= 0.3 is 5.97 Å². The molecular weight excluding hydrogens is 344 g/mol. The number of benzene rings is 1. The van der Waals surface area contributed by atoms with Crippen LogP contribution in [0.1, 0.15) is 10.5 Å². The summed E-state index contributed by atoms with van der Waals surface area (Å²) < 4.78 is 12.2. The van der Waals surface area contributed by atoms with Crippen molar-refractivity contribution in [3.63, 3.8) is 0 Å². The summed E-state index contributed by atoms with van der Waals surface area (Å²) >= 11 is 3.35. The van der Waals surface area contributed by atoms with Crippen molar-refractivity contribution >= 4 is 21.9 Å². The smallest absolute Gasteiger partial charge is 0.356 e. The third-order valence-electron chi connectivity index (χ3n) is 2.95. The second kappa shape index (κ2) is 5.65. The van der Waals surface area contributed by atoms with Gasteiger partial charge in [-0.2, -0.15) is 5.10 Å². The molecule has 2 aromatic rings. The number of methoxy groups -OCH3 is 2. The number of carboxylic acid groups (broad SMARTS) is 1. The van der Waals surface area contributed by atoms with E-state index in [-0.39, 0.29) is 11.4 Å². The molecule has 2 N–H and O–H groups in total. The largest absolute Gasteiger partial charge is 0.507 e. The number of aryl methyl sites for hydroxylation is 1. The van der Waals surface area contributed by atoms with Crippen molar-refractivity contribution in [2.24, 2.45) is 7.05 Å². The van der Waals surface area contributed by atoms with Gasteiger partial charge in [0, 0.05) is 13.1 Å². The fourth-order valence-corrected chi connectivity index (χ4v) is 2.75. The first-order valence-corrected chi connectivity index (χ1v) is 6.61. The van der Waals surface area contributed by atoms with Crippen LogP contribution in [0.4, 0.5) is 0 Å². The predicted octanol–water partition coefficient (Wildman–Crippen LogP) is 2.27. The topological polar surface area (TPSA) is 93.8 Å². The molecule has 2 rings (SSSR count). The highest BCUT2D eigenvalue weighted by Gasteiger charge is 2.23. The van der Waals surface area contributed by atoms with Crippen LogP contribution in [0.15, 0.2) is 16.6 Å². The Labute approximate surface area is 128 Å². The van der Waals surface area contributed by atoms with Crippen molar-refractivity contribution in [3.8, 4) is 28.5 Å². The van der Waals surface area contributed by atoms with Gasteiger partial charge in [0.25, 0.3) is 0 Å². The number of aromatic hydroxyl groups is 1. The van der Waals surface area contributed by atoms with Crippen LogP contribution in [0, 0.1) is 0 Å². The number of hydrogen-bond donors (Lipinski definition) is 2. The lowest BCUT2D eigenvalue weighted by molar-refractivity contribution is 0.0689. The van der Waals surface area contributed by atoms with Crippen molar-refractivity contribution in [3.05, 3.63) is 22.3 Å². The average Bonchev–Trinajstić information content (AvgIpc) is 2.80. The minimum absolute atomic E-state index is 0.0838. The molecule has 0 amide bonds. The molecule has 0 radical (unpaired) electrons. The minimum Gasteiger partial charge on any atom is -0.507 e. The van der Waals surface area contributed by atoms with E-state index in [1.807, 2.05) is 0 Å². The molecule has 1 heterocycles. The molecule has 0 aliphatic heterocycles. The molecule has 0 spiro atoms. The van der Waals surface area contributed by atoms with Crippen LogP contribution in [0.3, 0.4) is 0 Å². The molecular formula is C13H13BrN2O5. The highest BCUT2D eigenvalue weighted by molar-refractivity contribution is 9.10. The number of aromatic carboxylic acids is 1. The zero-order chi connectivity index (χ0) is 15.7. The summed E-state index contributed by atoms with van der Waals surface area (Å²) in [4.78, 5) is 11.0. The number of aromatic nitrogens is 2. The third-order valence-corrected chi connectivity index (χ3v) is 3.70. The number of rotatable bonds is 4. The van der Waals surface area contributed by atoms with Gasteiger partial charge in [-0.25, -0.2) is 4.79 Å². The Morgan fingerprint density at radius 1 is 1.33 bits per heavy atom. The maximum atomic E-state index is 11.0. The molecule has 0 saturated heterocycles. The predicted molar refractivity (Wildman–Crippen MR) is 78.1 cm³/mol. The number of halogens is 1. The lowest BCUT2D eigenvalue weighted by Crippen LogP contribution is -2.00. The lowest BCUT2D eigenvalue weighted by atomic mass is 10.1. The maximum absolute atomic E-state index is 11.0. The highest BCUT2D eigenvalue weighted by Crippen LogP contribution is 2.47. The standard InChI is InChI=1S/C13H13BrN2O5/c1-16-7(4-6(15-16)13(18)19)10-8(17)5-9(20-2)12(21-3)11(10)14/h4-5,17H,1-3H3,(H,18,19). The van der Waals surface area contributed by atoms with Crippen LogP contribution in [-0.4, -0.2) is 40.2 Å². The van der Waals surface area contributed by atoms with E-state index in [4.69, 9.17) is 14.6 Å². The second-order valence-electron chi connectivity index (χ2n) is 4.16. The van der Waals surface area contributed by atoms with Crippen molar-refractivity contribution in [2.45, 2.75) is 0 Å². The number of carbonyl (C=O) groups is 1. The summed E-state index contributed by atoms with van der Waals surface area (Å²) in [7, 11) is 4.51. The Balaban J connectivity index is 2.72. The summed E-state index contributed by atoms with van der Waals surface area (Å²) in [5.74, 6) is -0.484. The van der Waals surface area contributed by atoms with Gasteiger partial charge in [-0.15, -0.1) is 0 Å². The first-order chi connectivity index (χ1) is 9.90. The van der Waals surface area contributed by atoms with E-state index >= 15 is 0 Å². The molecule has 0 unspecified atom stereocenters. The van der Waals surface area contributed by atoms with Crippen LogP contribution in [0.2, 0.25) is 0 Å². The van der Waals surface area contributed by atoms with Crippen LogP contribution < -0.4 is 9.47 Å². The molecule has 1 aromatic carbocycles. The van der Waals surface area contributed by atoms with Gasteiger partial charge in [0.1, 0.15) is 5.75 Å². The van der Waals surface area contributed by atoms with Crippen LogP contribution in [-0.2, 0) is 7.05 Å². The Morgan fingerprint density at radius 3 is 2.48 bits per heavy atom. The lowest BCUT2D eigenvalue weighted by Gasteiger charge is -2.15. The van der Waals surface area contributed by atoms with E-state index in [1.165, 1.54) is 31.0 Å². The van der Waals surface area contributed by atoms with Crippen molar-refractivity contribution in [1.29, 1.82) is 0 Å². The Bertz CT molecular complexity index is 711. The zero-order valence-corrected chi connectivity index (χ0v) is 13.1. The number of phenolic OH excluding ortho intramolecular Hbond substituents is 1. The fraction of sp³-hybridized carbons (Fsp3) is 0.231. The van der Waals surface area contributed by atoms with E-state index < -0.39 is 5.97 Å². The van der Waals surface area contributed by atoms with Crippen molar-refractivity contribution in [1.82, 2.24) is 9.78 Å². The maximum Gasteiger partial charge on any atom is 0.356 e. The minimum atomic E-state index is -1.15. The summed E-state index contributed by atoms with van der Waals surface area (Å²) in [5, 5.41) is 23.1. The Kier molecular flexibility index (Phi) is 4.08. The molecule has 0 bridgehead atoms. The van der Waals surface area contributed by atoms with Crippen LogP contribution >= 0.6 is 15.9 Å². The Morgan fingerprint density at radius 2 is 2.00 bits per heavy atom. The number of carboxylic acids is 1. The van der Waals surface area contributed by atoms with Crippen LogP contribution in [0.25, 0.3) is 11.3 Å². The molecule has 0 aliphatic rings. The molecule has 21 heavy (non-hydrogen) atoms. The first kappa shape index (κ1) is 15.2. The van der Waals surface area contributed by atoms with E-state index in [0.717, 1.165) is 0 Å². The molecule has 7 nitrogen and oxygen atoms in total. The van der Waals surface area contributed by atoms with E-state index in [2.05, 4.69) is 21.0 Å². The quantitative estimate of drug-likeness (QED) is 0.872. The van der Waals surface area contributed by atoms with Gasteiger partial charge in [-0.05, 0) is 22.0 Å². The molecule has 1 aromatic heterocycles. The zero-order valence-electron chi connectivity index (χ0n) is 11.5. The summed E-state index contributed by atoms with van der Waals surface area (Å²) in [6, 6.07) is 2.76. The van der Waals surface area contributed by atoms with Gasteiger partial charge in [0.2, 0.25) is 0 Å². The monoisotopic (exact) mass is 356 g/mol. The highest BCUT2D eigenvalue weighted by atomic mass is 79.9. The molecule has 0 aliphatic carbocycles. The normalized spacial score (nSPS) is 10.5. The van der Waals surface area contributed by atoms with Gasteiger partial charge in [-0.1, -0.05) is 0 Å². The summed E-state index contributed by atoms with van der Waals surface area (Å²) in [5.41, 5.74) is 0.682. The van der Waals surface area contributed by atoms with Crippen molar-refractivity contribution in [2.75, 3.05) is 14.2 Å². The van der Waals surface area contributed by atoms with E-state index in [0.29, 0.717) is 27.2 Å². The number of ether oxygens (including phenoxy) is 2. The van der Waals surface area contributed by atoms with Gasteiger partial charge in [0.05, 0.1) is 29.9 Å². The third kappa shape index (κ3) is 2.54. The molecule has 112 valence electrons. The second-order valence-corrected chi connectivity index (χ2v) is 4.96. The summed E-state index contributed by atoms with van der Waals surface area (Å²) in [6.07, 6.45) is 0. The summed E-state index contributed by atoms with van der Waals surface area (Å²) in [6.45, 7) is 0. The molecule has 0 saturated carbocycles. The number of nitrogens with zero attached hydrogens (tertiary/aromatic N) is 2. The molecule has 0 atom stereocenters. The van der Waals surface area contributed by atoms with Gasteiger partial charge < -0.3 is 19.7 Å². The Hall–Kier alpha value is -2.22. The fourth-order valence-electron chi connectivity index (χ4n) is 1.99. The van der Waals surface area contributed by atoms with Crippen molar-refractivity contribution < 1.29 is 24.5 Å². The SMILES string of the molecule is COc1cc(O)c(-c2cc(C(=O)O)nn2C)c(Br)c1OC. The first-order valence-electron chi connectivity index (χ1n) is 5.81. The molecule has 0 fully saturated rings. The number of phenols is 1. The van der Waals surface area contributed by atoms with Crippen LogP contribution in [0.5, 0.6) is 17.2 Å². The van der Waals surface area contributed by atoms with E-state index in [1.54, 1.807) is 7.05 Å². The van der Waals surface area contributed by atoms with E-state index in [9.17, 15) is 9.90 Å².